The van der Waals surface area contributed by atoms with E-state index in [1.54, 1.807) is 0 Å². The number of carboxylic acids is 4. The van der Waals surface area contributed by atoms with Crippen LogP contribution in [-0.2, 0) is 28.8 Å². The molecule has 0 aromatic carbocycles. The number of hydrogen-bond donors (Lipinski definition) is 10. The fraction of sp³-hybridized carbons (Fsp3) is 0.625. The summed E-state index contributed by atoms with van der Waals surface area (Å²) < 4.78 is 0. The third-order valence-corrected chi connectivity index (χ3v) is 3.29. The van der Waals surface area contributed by atoms with Crippen LogP contribution < -0.4 is 34.0 Å². The van der Waals surface area contributed by atoms with Crippen molar-refractivity contribution < 1.29 is 49.2 Å². The second-order valence-electron chi connectivity index (χ2n) is 6.15. The van der Waals surface area contributed by atoms with E-state index in [1.807, 2.05) is 0 Å². The highest BCUT2D eigenvalue weighted by Gasteiger charge is 2.20. The minimum absolute atomic E-state index is 0.0213. The Morgan fingerprint density at radius 2 is 1.34 bits per heavy atom. The molecule has 0 bridgehead atoms. The molecule has 1 saturated heterocycles. The molecule has 16 nitrogen and oxygen atoms in total. The summed E-state index contributed by atoms with van der Waals surface area (Å²) in [6.45, 7) is 0.580. The van der Waals surface area contributed by atoms with Gasteiger partial charge in [0.05, 0.1) is 13.0 Å². The lowest BCUT2D eigenvalue weighted by Crippen LogP contribution is -2.34. The summed E-state index contributed by atoms with van der Waals surface area (Å²) in [6, 6.07) is -2.41. The van der Waals surface area contributed by atoms with E-state index < -0.39 is 47.8 Å². The van der Waals surface area contributed by atoms with Crippen molar-refractivity contribution in [2.75, 3.05) is 13.1 Å². The number of carboxylic acid groups (broad SMARTS) is 4. The lowest BCUT2D eigenvalue weighted by atomic mass is 10.2. The van der Waals surface area contributed by atoms with Crippen LogP contribution in [0.1, 0.15) is 32.1 Å². The molecule has 0 unspecified atom stereocenters. The summed E-state index contributed by atoms with van der Waals surface area (Å²) in [5.74, 6) is -5.25. The molecule has 0 aromatic heterocycles. The molecule has 0 aliphatic carbocycles. The lowest BCUT2D eigenvalue weighted by Gasteiger charge is -2.01. The van der Waals surface area contributed by atoms with Crippen LogP contribution in [0.3, 0.4) is 0 Å². The number of carbonyl (C=O) groups is 6. The topological polar surface area (TPSA) is 325 Å². The minimum atomic E-state index is -1.21. The highest BCUT2D eigenvalue weighted by atomic mass is 16.4. The van der Waals surface area contributed by atoms with E-state index in [0.29, 0.717) is 0 Å². The van der Waals surface area contributed by atoms with Gasteiger partial charge >= 0.3 is 23.9 Å². The Balaban J connectivity index is -0.000000359. The number of primary amides is 2. The molecule has 16 heteroatoms. The van der Waals surface area contributed by atoms with Crippen LogP contribution in [0, 0.1) is 0 Å². The smallest absolute Gasteiger partial charge is 0.321 e. The molecule has 1 aliphatic rings. The first-order chi connectivity index (χ1) is 14.6. The van der Waals surface area contributed by atoms with E-state index in [-0.39, 0.29) is 31.8 Å². The number of rotatable bonds is 9. The number of amides is 2. The summed E-state index contributed by atoms with van der Waals surface area (Å²) in [5.41, 5.74) is 23.9. The van der Waals surface area contributed by atoms with Crippen LogP contribution in [-0.4, -0.2) is 87.3 Å². The van der Waals surface area contributed by atoms with E-state index in [2.05, 4.69) is 16.8 Å². The SMILES string of the molecule is NC(=O)CC[C@H](N)C(=O)O.NC(=O)C[C@H](N)C(=O)O.NCC(=O)O.O=C(O)[C@@H]1CCCN1. The second-order valence-corrected chi connectivity index (χ2v) is 6.15. The maximum absolute atomic E-state index is 10.1. The standard InChI is InChI=1S/C5H10N2O3.C5H9NO2.C4H8N2O3.C2H5NO2/c6-3(5(9)10)1-2-4(7)8;7-5(8)4-2-1-3-6-4;5-2(4(8)9)1-3(6)7;3-1-2(4)5/h3H,1-2,6H2,(H2,7,8)(H,9,10);4,6H,1-3H2,(H,7,8);2H,1,5H2,(H2,6,7)(H,8,9);1,3H2,(H,4,5)/t3-;4-;2-;/m000./s1. The highest BCUT2D eigenvalue weighted by Crippen LogP contribution is 2.03. The molecule has 1 heterocycles. The van der Waals surface area contributed by atoms with Crippen LogP contribution in [0.15, 0.2) is 0 Å². The van der Waals surface area contributed by atoms with Crippen molar-refractivity contribution in [3.05, 3.63) is 0 Å². The van der Waals surface area contributed by atoms with Crippen molar-refractivity contribution in [2.45, 2.75) is 50.2 Å². The van der Waals surface area contributed by atoms with Crippen molar-refractivity contribution in [1.29, 1.82) is 0 Å². The van der Waals surface area contributed by atoms with Gasteiger partial charge in [-0.1, -0.05) is 0 Å². The van der Waals surface area contributed by atoms with Gasteiger partial charge in [-0.2, -0.15) is 0 Å². The maximum atomic E-state index is 10.1. The Morgan fingerprint density at radius 3 is 1.53 bits per heavy atom. The molecule has 0 saturated carbocycles. The lowest BCUT2D eigenvalue weighted by molar-refractivity contribution is -0.140. The van der Waals surface area contributed by atoms with Crippen LogP contribution in [0.2, 0.25) is 0 Å². The van der Waals surface area contributed by atoms with Gasteiger partial charge in [0.2, 0.25) is 11.8 Å². The Labute approximate surface area is 183 Å². The molecule has 1 fully saturated rings. The molecule has 3 atom stereocenters. The first-order valence-corrected chi connectivity index (χ1v) is 9.07. The number of nitrogens with one attached hydrogen (secondary N) is 1. The summed E-state index contributed by atoms with van der Waals surface area (Å²) in [6.07, 6.45) is 1.60. The van der Waals surface area contributed by atoms with Gasteiger partial charge in [0.25, 0.3) is 0 Å². The predicted octanol–water partition coefficient (Wildman–Crippen LogP) is -4.21. The zero-order valence-corrected chi connectivity index (χ0v) is 17.3. The molecule has 1 rings (SSSR count). The molecule has 186 valence electrons. The second kappa shape index (κ2) is 19.6. The average Bonchev–Trinajstić information content (AvgIpc) is 3.22. The molecular weight excluding hydrogens is 436 g/mol. The van der Waals surface area contributed by atoms with Crippen molar-refractivity contribution in [2.24, 2.45) is 28.7 Å². The van der Waals surface area contributed by atoms with Crippen molar-refractivity contribution in [1.82, 2.24) is 5.32 Å². The van der Waals surface area contributed by atoms with E-state index >= 15 is 0 Å². The largest absolute Gasteiger partial charge is 0.480 e. The number of aliphatic carboxylic acids is 4. The molecular formula is C16H32N6O10. The van der Waals surface area contributed by atoms with Gasteiger partial charge in [0.1, 0.15) is 18.1 Å². The fourth-order valence-corrected chi connectivity index (χ4v) is 1.62. The summed E-state index contributed by atoms with van der Waals surface area (Å²) in [5, 5.41) is 35.1. The monoisotopic (exact) mass is 468 g/mol. The van der Waals surface area contributed by atoms with Gasteiger partial charge in [0, 0.05) is 6.42 Å². The quantitative estimate of drug-likeness (QED) is 0.153. The van der Waals surface area contributed by atoms with E-state index in [9.17, 15) is 28.8 Å². The molecule has 0 radical (unpaired) electrons. The van der Waals surface area contributed by atoms with Crippen LogP contribution in [0.4, 0.5) is 0 Å². The van der Waals surface area contributed by atoms with Crippen LogP contribution in [0.5, 0.6) is 0 Å². The summed E-state index contributed by atoms with van der Waals surface area (Å²) in [7, 11) is 0. The van der Waals surface area contributed by atoms with E-state index in [1.165, 1.54) is 0 Å². The normalized spacial score (nSPS) is 15.7. The van der Waals surface area contributed by atoms with Gasteiger partial charge < -0.3 is 54.4 Å². The van der Waals surface area contributed by atoms with E-state index in [0.717, 1.165) is 19.4 Å². The Hall–Kier alpha value is -3.34. The van der Waals surface area contributed by atoms with Gasteiger partial charge in [-0.05, 0) is 25.8 Å². The van der Waals surface area contributed by atoms with Gasteiger partial charge in [0.15, 0.2) is 0 Å². The third kappa shape index (κ3) is 24.7. The van der Waals surface area contributed by atoms with Gasteiger partial charge in [-0.3, -0.25) is 28.8 Å². The maximum Gasteiger partial charge on any atom is 0.321 e. The Bertz CT molecular complexity index is 624. The first kappa shape index (κ1) is 33.3. The third-order valence-electron chi connectivity index (χ3n) is 3.29. The van der Waals surface area contributed by atoms with Crippen molar-refractivity contribution >= 4 is 35.7 Å². The molecule has 0 aromatic rings. The zero-order valence-electron chi connectivity index (χ0n) is 17.3. The van der Waals surface area contributed by atoms with Crippen molar-refractivity contribution in [3.63, 3.8) is 0 Å². The molecule has 0 spiro atoms. The molecule has 32 heavy (non-hydrogen) atoms. The van der Waals surface area contributed by atoms with Gasteiger partial charge in [-0.25, -0.2) is 0 Å². The molecule has 15 N–H and O–H groups in total. The van der Waals surface area contributed by atoms with Crippen LogP contribution >= 0.6 is 0 Å². The number of nitrogens with two attached hydrogens (primary N) is 5. The van der Waals surface area contributed by atoms with E-state index in [4.69, 9.17) is 37.6 Å². The highest BCUT2D eigenvalue weighted by molar-refractivity contribution is 5.83. The fourth-order valence-electron chi connectivity index (χ4n) is 1.62. The van der Waals surface area contributed by atoms with Gasteiger partial charge in [-0.15, -0.1) is 0 Å². The number of carbonyl (C=O) groups excluding carboxylic acids is 2. The minimum Gasteiger partial charge on any atom is -0.480 e. The first-order valence-electron chi connectivity index (χ1n) is 9.07. The zero-order chi connectivity index (χ0) is 25.9. The molecule has 2 amide bonds. The summed E-state index contributed by atoms with van der Waals surface area (Å²) in [4.78, 5) is 59.4. The Kier molecular flexibility index (Phi) is 20.4. The average molecular weight is 468 g/mol. The molecule has 1 aliphatic heterocycles. The van der Waals surface area contributed by atoms with Crippen LogP contribution in [0.25, 0.3) is 0 Å². The predicted molar refractivity (Wildman–Crippen MR) is 109 cm³/mol. The summed E-state index contributed by atoms with van der Waals surface area (Å²) >= 11 is 0. The Morgan fingerprint density at radius 1 is 0.875 bits per heavy atom. The van der Waals surface area contributed by atoms with Crippen molar-refractivity contribution in [3.8, 4) is 0 Å². The number of hydrogen-bond acceptors (Lipinski definition) is 10.